The molecule has 0 spiro atoms. The maximum Gasteiger partial charge on any atom is 0.0901 e. The quantitative estimate of drug-likeness (QED) is 0.255. The van der Waals surface area contributed by atoms with Crippen molar-refractivity contribution in [1.82, 2.24) is 0 Å². The van der Waals surface area contributed by atoms with Gasteiger partial charge in [-0.1, -0.05) is 38.3 Å². The average molecular weight is 319 g/mol. The molecule has 0 unspecified atom stereocenters. The van der Waals surface area contributed by atoms with Crippen LogP contribution >= 0.6 is 0 Å². The van der Waals surface area contributed by atoms with Crippen LogP contribution in [0.5, 0.6) is 0 Å². The van der Waals surface area contributed by atoms with Gasteiger partial charge in [-0.05, 0) is 81.5 Å². The van der Waals surface area contributed by atoms with Crippen molar-refractivity contribution >= 4 is 0 Å². The maximum absolute atomic E-state index is 5.67. The molecule has 2 saturated carbocycles. The highest BCUT2D eigenvalue weighted by atomic mass is 16.5. The summed E-state index contributed by atoms with van der Waals surface area (Å²) in [6, 6.07) is 0. The van der Waals surface area contributed by atoms with Crippen LogP contribution in [0.25, 0.3) is 0 Å². The molecule has 0 atom stereocenters. The highest BCUT2D eigenvalue weighted by Gasteiger charge is 2.30. The third kappa shape index (κ3) is 6.73. The van der Waals surface area contributed by atoms with E-state index in [0.29, 0.717) is 0 Å². The summed E-state index contributed by atoms with van der Waals surface area (Å²) in [5.74, 6) is 3.88. The van der Waals surface area contributed by atoms with Gasteiger partial charge in [-0.2, -0.15) is 0 Å². The summed E-state index contributed by atoms with van der Waals surface area (Å²) < 4.78 is 5.67. The molecule has 1 heteroatoms. The first-order valence-corrected chi connectivity index (χ1v) is 10.2. The van der Waals surface area contributed by atoms with E-state index in [0.717, 1.165) is 36.7 Å². The molecule has 0 N–H and O–H groups in total. The zero-order valence-electron chi connectivity index (χ0n) is 15.3. The van der Waals surface area contributed by atoms with Crippen LogP contribution < -0.4 is 0 Å². The number of hydrogen-bond acceptors (Lipinski definition) is 1. The fourth-order valence-corrected chi connectivity index (χ4v) is 4.68. The lowest BCUT2D eigenvalue weighted by Gasteiger charge is -2.37. The summed E-state index contributed by atoms with van der Waals surface area (Å²) in [5.41, 5.74) is 0. The Morgan fingerprint density at radius 2 is 1.52 bits per heavy atom. The number of ether oxygens (including phenoxy) is 1. The van der Waals surface area contributed by atoms with Crippen molar-refractivity contribution in [1.29, 1.82) is 0 Å². The predicted octanol–water partition coefficient (Wildman–Crippen LogP) is 6.90. The monoisotopic (exact) mass is 318 g/mol. The Balaban J connectivity index is 1.59. The molecule has 0 aromatic heterocycles. The average Bonchev–Trinajstić information content (AvgIpc) is 2.60. The molecule has 0 heterocycles. The van der Waals surface area contributed by atoms with Crippen molar-refractivity contribution in [3.05, 3.63) is 25.0 Å². The molecule has 2 fully saturated rings. The van der Waals surface area contributed by atoms with Crippen molar-refractivity contribution in [2.75, 3.05) is 6.61 Å². The summed E-state index contributed by atoms with van der Waals surface area (Å²) in [6.07, 6.45) is 22.9. The van der Waals surface area contributed by atoms with E-state index in [4.69, 9.17) is 4.74 Å². The van der Waals surface area contributed by atoms with Gasteiger partial charge in [0.2, 0.25) is 0 Å². The highest BCUT2D eigenvalue weighted by Crippen LogP contribution is 2.42. The summed E-state index contributed by atoms with van der Waals surface area (Å²) in [7, 11) is 0. The molecule has 0 aromatic carbocycles. The first-order chi connectivity index (χ1) is 11.3. The van der Waals surface area contributed by atoms with Gasteiger partial charge in [-0.25, -0.2) is 0 Å². The summed E-state index contributed by atoms with van der Waals surface area (Å²) in [5, 5.41) is 0. The molecule has 2 rings (SSSR count). The lowest BCUT2D eigenvalue weighted by Crippen LogP contribution is -2.27. The van der Waals surface area contributed by atoms with Gasteiger partial charge in [0, 0.05) is 0 Å². The lowest BCUT2D eigenvalue weighted by molar-refractivity contribution is 0.108. The second kappa shape index (κ2) is 10.9. The van der Waals surface area contributed by atoms with E-state index in [-0.39, 0.29) is 0 Å². The van der Waals surface area contributed by atoms with Crippen LogP contribution in [0, 0.1) is 23.7 Å². The maximum atomic E-state index is 5.67. The van der Waals surface area contributed by atoms with Gasteiger partial charge in [0.05, 0.1) is 12.9 Å². The van der Waals surface area contributed by atoms with Crippen molar-refractivity contribution in [2.24, 2.45) is 23.7 Å². The van der Waals surface area contributed by atoms with E-state index in [2.05, 4.69) is 25.7 Å². The molecule has 0 radical (unpaired) electrons. The highest BCUT2D eigenvalue weighted by molar-refractivity contribution is 4.83. The first kappa shape index (κ1) is 18.6. The fraction of sp³-hybridized carbons (Fsp3) is 0.818. The molecule has 0 aliphatic heterocycles. The zero-order chi connectivity index (χ0) is 16.3. The predicted molar refractivity (Wildman–Crippen MR) is 100 cm³/mol. The normalized spacial score (nSPS) is 32.0. The Morgan fingerprint density at radius 1 is 0.913 bits per heavy atom. The van der Waals surface area contributed by atoms with Gasteiger partial charge < -0.3 is 4.74 Å². The van der Waals surface area contributed by atoms with Crippen LogP contribution in [0.15, 0.2) is 25.0 Å². The topological polar surface area (TPSA) is 9.23 Å². The van der Waals surface area contributed by atoms with Crippen LogP contribution in [-0.2, 0) is 4.74 Å². The van der Waals surface area contributed by atoms with Crippen LogP contribution in [-0.4, -0.2) is 6.61 Å². The minimum absolute atomic E-state index is 0.808. The number of rotatable bonds is 9. The molecule has 132 valence electrons. The van der Waals surface area contributed by atoms with Crippen molar-refractivity contribution in [2.45, 2.75) is 84.0 Å². The molecule has 2 aliphatic carbocycles. The van der Waals surface area contributed by atoms with E-state index in [1.54, 1.807) is 0 Å². The summed E-state index contributed by atoms with van der Waals surface area (Å²) >= 11 is 0. The largest absolute Gasteiger partial charge is 0.501 e. The van der Waals surface area contributed by atoms with Crippen LogP contribution in [0.2, 0.25) is 0 Å². The Labute approximate surface area is 144 Å². The van der Waals surface area contributed by atoms with Gasteiger partial charge in [-0.15, -0.1) is 6.58 Å². The molecule has 2 aliphatic rings. The molecule has 0 aromatic rings. The standard InChI is InChI=1S/C22H38O/c1-3-5-7-8-19-9-13-21(14-10-19)22-15-11-20(12-16-22)18-23-17-6-4-2/h3,6,17,19-22H,1,4-5,7-16,18H2,2H3. The molecule has 23 heavy (non-hydrogen) atoms. The minimum atomic E-state index is 0.808. The first-order valence-electron chi connectivity index (χ1n) is 10.2. The van der Waals surface area contributed by atoms with Gasteiger partial charge in [0.15, 0.2) is 0 Å². The Bertz CT molecular complexity index is 330. The van der Waals surface area contributed by atoms with E-state index < -0.39 is 0 Å². The molecule has 0 bridgehead atoms. The molecule has 1 nitrogen and oxygen atoms in total. The van der Waals surface area contributed by atoms with E-state index in [1.807, 2.05) is 6.26 Å². The van der Waals surface area contributed by atoms with Crippen LogP contribution in [0.3, 0.4) is 0 Å². The van der Waals surface area contributed by atoms with Crippen molar-refractivity contribution in [3.8, 4) is 0 Å². The fourth-order valence-electron chi connectivity index (χ4n) is 4.68. The van der Waals surface area contributed by atoms with Crippen molar-refractivity contribution < 1.29 is 4.74 Å². The van der Waals surface area contributed by atoms with E-state index in [1.165, 1.54) is 70.6 Å². The SMILES string of the molecule is C=CCCCC1CCC(C2CCC(COC=CCC)CC2)CC1. The number of allylic oxidation sites excluding steroid dienone is 2. The molecule has 0 amide bonds. The summed E-state index contributed by atoms with van der Waals surface area (Å²) in [6.45, 7) is 6.93. The summed E-state index contributed by atoms with van der Waals surface area (Å²) in [4.78, 5) is 0. The minimum Gasteiger partial charge on any atom is -0.501 e. The van der Waals surface area contributed by atoms with Crippen LogP contribution in [0.4, 0.5) is 0 Å². The van der Waals surface area contributed by atoms with Gasteiger partial charge >= 0.3 is 0 Å². The molecular formula is C22H38O. The van der Waals surface area contributed by atoms with E-state index >= 15 is 0 Å². The smallest absolute Gasteiger partial charge is 0.0901 e. The Morgan fingerprint density at radius 3 is 2.09 bits per heavy atom. The molecular weight excluding hydrogens is 280 g/mol. The third-order valence-corrected chi connectivity index (χ3v) is 6.23. The molecule has 0 saturated heterocycles. The number of hydrogen-bond donors (Lipinski definition) is 0. The second-order valence-corrected chi connectivity index (χ2v) is 7.89. The van der Waals surface area contributed by atoms with Crippen LogP contribution in [0.1, 0.15) is 84.0 Å². The third-order valence-electron chi connectivity index (χ3n) is 6.23. The van der Waals surface area contributed by atoms with Gasteiger partial charge in [0.1, 0.15) is 0 Å². The lowest BCUT2D eigenvalue weighted by atomic mass is 9.69. The van der Waals surface area contributed by atoms with Gasteiger partial charge in [-0.3, -0.25) is 0 Å². The second-order valence-electron chi connectivity index (χ2n) is 7.89. The zero-order valence-corrected chi connectivity index (χ0v) is 15.3. The van der Waals surface area contributed by atoms with Crippen molar-refractivity contribution in [3.63, 3.8) is 0 Å². The Hall–Kier alpha value is -0.720. The Kier molecular flexibility index (Phi) is 8.86. The number of unbranched alkanes of at least 4 members (excludes halogenated alkanes) is 1. The van der Waals surface area contributed by atoms with Gasteiger partial charge in [0.25, 0.3) is 0 Å². The van der Waals surface area contributed by atoms with E-state index in [9.17, 15) is 0 Å².